The zero-order valence-corrected chi connectivity index (χ0v) is 24.8. The van der Waals surface area contributed by atoms with Crippen molar-refractivity contribution in [3.8, 4) is 0 Å². The maximum atomic E-state index is 13.5. The number of aliphatic hydroxyl groups is 3. The molecular formula is C30H31ClN2O9S. The number of nitrogens with one attached hydrogen (secondary N) is 1. The van der Waals surface area contributed by atoms with Crippen molar-refractivity contribution < 1.29 is 44.7 Å². The second-order valence-electron chi connectivity index (χ2n) is 9.63. The van der Waals surface area contributed by atoms with Crippen LogP contribution in [0.25, 0.3) is 0 Å². The molecule has 0 spiro atoms. The van der Waals surface area contributed by atoms with Crippen molar-refractivity contribution in [2.75, 3.05) is 16.8 Å². The Labute approximate surface area is 256 Å². The van der Waals surface area contributed by atoms with Crippen molar-refractivity contribution in [2.45, 2.75) is 43.7 Å². The maximum absolute atomic E-state index is 13.5. The monoisotopic (exact) mass is 630 g/mol. The molecule has 1 aliphatic heterocycles. The van der Waals surface area contributed by atoms with E-state index < -0.39 is 28.9 Å². The molecule has 43 heavy (non-hydrogen) atoms. The fourth-order valence-corrected chi connectivity index (χ4v) is 5.02. The number of benzene rings is 3. The first-order chi connectivity index (χ1) is 20.3. The Hall–Kier alpha value is -3.94. The Bertz CT molecular complexity index is 1500. The number of aliphatic carboxylic acids is 2. The summed E-state index contributed by atoms with van der Waals surface area (Å²) in [6.07, 6.45) is 0.602. The number of thioether (sulfide) groups is 1. The van der Waals surface area contributed by atoms with E-state index in [2.05, 4.69) is 5.32 Å². The van der Waals surface area contributed by atoms with Crippen LogP contribution >= 0.6 is 23.4 Å². The van der Waals surface area contributed by atoms with E-state index in [1.807, 2.05) is 32.0 Å². The summed E-state index contributed by atoms with van der Waals surface area (Å²) in [4.78, 5) is 47.5. The van der Waals surface area contributed by atoms with Gasteiger partial charge in [0, 0.05) is 39.6 Å². The summed E-state index contributed by atoms with van der Waals surface area (Å²) in [5.74, 6) is -3.50. The van der Waals surface area contributed by atoms with Gasteiger partial charge in [0.25, 0.3) is 11.8 Å². The quantitative estimate of drug-likeness (QED) is 0.207. The lowest BCUT2D eigenvalue weighted by atomic mass is 10.0. The Balaban J connectivity index is 0.000000393. The van der Waals surface area contributed by atoms with Crippen molar-refractivity contribution in [1.82, 2.24) is 0 Å². The highest BCUT2D eigenvalue weighted by Crippen LogP contribution is 2.36. The molecule has 3 unspecified atom stereocenters. The number of hydrogen-bond donors (Lipinski definition) is 6. The number of aryl methyl sites for hydroxylation is 2. The lowest BCUT2D eigenvalue weighted by Crippen LogP contribution is -2.32. The summed E-state index contributed by atoms with van der Waals surface area (Å²) < 4.78 is 0. The van der Waals surface area contributed by atoms with Gasteiger partial charge in [0.15, 0.2) is 0 Å². The van der Waals surface area contributed by atoms with Gasteiger partial charge in [-0.1, -0.05) is 41.6 Å². The van der Waals surface area contributed by atoms with Gasteiger partial charge < -0.3 is 35.7 Å². The van der Waals surface area contributed by atoms with Crippen molar-refractivity contribution >= 4 is 58.5 Å². The van der Waals surface area contributed by atoms with E-state index in [4.69, 9.17) is 32.0 Å². The minimum atomic E-state index is -1.92. The Morgan fingerprint density at radius 2 is 1.56 bits per heavy atom. The molecule has 0 saturated heterocycles. The number of anilines is 2. The number of carbonyl (C=O) groups excluding carboxylic acids is 2. The van der Waals surface area contributed by atoms with E-state index in [1.54, 1.807) is 47.4 Å². The number of rotatable bonds is 7. The van der Waals surface area contributed by atoms with E-state index in [0.29, 0.717) is 52.5 Å². The van der Waals surface area contributed by atoms with E-state index in [1.165, 1.54) is 0 Å². The van der Waals surface area contributed by atoms with Crippen molar-refractivity contribution in [1.29, 1.82) is 0 Å². The van der Waals surface area contributed by atoms with E-state index in [9.17, 15) is 24.3 Å². The van der Waals surface area contributed by atoms with Gasteiger partial charge >= 0.3 is 11.9 Å². The lowest BCUT2D eigenvalue weighted by Gasteiger charge is -2.24. The van der Waals surface area contributed by atoms with Crippen LogP contribution in [0.2, 0.25) is 5.02 Å². The summed E-state index contributed by atoms with van der Waals surface area (Å²) in [6, 6.07) is 17.9. The maximum Gasteiger partial charge on any atom is 0.343 e. The van der Waals surface area contributed by atoms with E-state index in [-0.39, 0.29) is 23.6 Å². The second kappa shape index (κ2) is 15.0. The van der Waals surface area contributed by atoms with Crippen LogP contribution in [0.1, 0.15) is 56.4 Å². The first-order valence-corrected chi connectivity index (χ1v) is 14.4. The van der Waals surface area contributed by atoms with Crippen LogP contribution in [-0.4, -0.2) is 66.7 Å². The molecule has 3 aromatic carbocycles. The third-order valence-electron chi connectivity index (χ3n) is 6.53. The number of fused-ring (bicyclic) bond motifs is 1. The third-order valence-corrected chi connectivity index (χ3v) is 7.68. The van der Waals surface area contributed by atoms with Gasteiger partial charge in [0.05, 0.1) is 6.10 Å². The van der Waals surface area contributed by atoms with Crippen molar-refractivity contribution in [3.63, 3.8) is 0 Å². The van der Waals surface area contributed by atoms with Gasteiger partial charge in [0.2, 0.25) is 10.9 Å². The second-order valence-corrected chi connectivity index (χ2v) is 11.2. The molecule has 1 aliphatic rings. The molecule has 0 aliphatic carbocycles. The largest absolute Gasteiger partial charge is 0.479 e. The van der Waals surface area contributed by atoms with E-state index >= 15 is 0 Å². The molecule has 0 radical (unpaired) electrons. The Morgan fingerprint density at radius 3 is 2.16 bits per heavy atom. The molecule has 0 bridgehead atoms. The minimum absolute atomic E-state index is 0.0278. The highest BCUT2D eigenvalue weighted by molar-refractivity contribution is 8.01. The third kappa shape index (κ3) is 8.78. The zero-order chi connectivity index (χ0) is 31.8. The van der Waals surface area contributed by atoms with Crippen LogP contribution in [0, 0.1) is 13.8 Å². The number of aliphatic hydroxyl groups excluding tert-OH is 3. The number of hydrogen-bond acceptors (Lipinski definition) is 8. The van der Waals surface area contributed by atoms with Crippen LogP contribution < -0.4 is 10.2 Å². The molecule has 3 atom stereocenters. The molecule has 0 saturated carbocycles. The van der Waals surface area contributed by atoms with Crippen LogP contribution in [-0.2, 0) is 9.59 Å². The summed E-state index contributed by atoms with van der Waals surface area (Å²) in [6.45, 7) is 4.26. The summed E-state index contributed by atoms with van der Waals surface area (Å²) in [5, 5.41) is 47.0. The molecule has 0 aromatic heterocycles. The Kier molecular flexibility index (Phi) is 11.7. The fourth-order valence-electron chi connectivity index (χ4n) is 4.36. The minimum Gasteiger partial charge on any atom is -0.479 e. The first kappa shape index (κ1) is 33.6. The molecule has 228 valence electrons. The molecule has 4 rings (SSSR count). The predicted octanol–water partition coefficient (Wildman–Crippen LogP) is 4.21. The standard InChI is InChI=1S/C26H25ClN2O3.C4H6O6S/c1-16-6-3-4-7-20(16)25(31)28-19-10-11-21(17(2)14-19)26(32)29-13-5-8-24(30)22-15-18(27)9-12-23(22)29;5-1(6)3(9)11-4(10)2(7)8/h3-4,6-7,9-12,14-15,24,30H,5,8,13H2,1-2H3,(H,28,31);3-4,9-10H,(H,5,6)(H,7,8). The molecule has 13 heteroatoms. The molecular weight excluding hydrogens is 600 g/mol. The van der Waals surface area contributed by atoms with Gasteiger partial charge in [-0.2, -0.15) is 0 Å². The number of amides is 2. The van der Waals surface area contributed by atoms with Gasteiger partial charge in [-0.3, -0.25) is 9.59 Å². The number of carbonyl (C=O) groups is 4. The molecule has 11 nitrogen and oxygen atoms in total. The average Bonchev–Trinajstić information content (AvgIpc) is 3.11. The van der Waals surface area contributed by atoms with Gasteiger partial charge in [0.1, 0.15) is 0 Å². The van der Waals surface area contributed by atoms with Crippen LogP contribution in [0.3, 0.4) is 0 Å². The van der Waals surface area contributed by atoms with Gasteiger partial charge in [-0.25, -0.2) is 9.59 Å². The zero-order valence-electron chi connectivity index (χ0n) is 23.2. The molecule has 0 fully saturated rings. The van der Waals surface area contributed by atoms with Crippen LogP contribution in [0.4, 0.5) is 11.4 Å². The molecule has 2 amide bonds. The summed E-state index contributed by atoms with van der Waals surface area (Å²) >= 11 is 6.16. The number of halogens is 1. The smallest absolute Gasteiger partial charge is 0.343 e. The van der Waals surface area contributed by atoms with E-state index in [0.717, 1.165) is 11.1 Å². The van der Waals surface area contributed by atoms with Gasteiger partial charge in [-0.05, 0) is 80.3 Å². The molecule has 6 N–H and O–H groups in total. The first-order valence-electron chi connectivity index (χ1n) is 13.0. The number of carboxylic acids is 2. The van der Waals surface area contributed by atoms with Crippen LogP contribution in [0.15, 0.2) is 60.7 Å². The predicted molar refractivity (Wildman–Crippen MR) is 163 cm³/mol. The number of carboxylic acid groups (broad SMARTS) is 2. The van der Waals surface area contributed by atoms with Gasteiger partial charge in [-0.15, -0.1) is 0 Å². The Morgan fingerprint density at radius 1 is 0.907 bits per heavy atom. The van der Waals surface area contributed by atoms with Crippen LogP contribution in [0.5, 0.6) is 0 Å². The van der Waals surface area contributed by atoms with Crippen molar-refractivity contribution in [3.05, 3.63) is 93.5 Å². The summed E-state index contributed by atoms with van der Waals surface area (Å²) in [5.41, 5.74) is 0.977. The normalized spacial score (nSPS) is 15.6. The molecule has 1 heterocycles. The lowest BCUT2D eigenvalue weighted by molar-refractivity contribution is -0.142. The SMILES string of the molecule is Cc1ccccc1C(=O)Nc1ccc(C(=O)N2CCCC(O)c3cc(Cl)ccc32)c(C)c1.O=C(O)C(O)SC(O)C(=O)O. The average molecular weight is 631 g/mol. The summed E-state index contributed by atoms with van der Waals surface area (Å²) in [7, 11) is 0. The number of nitrogens with zero attached hydrogens (tertiary/aromatic N) is 1. The van der Waals surface area contributed by atoms with Crippen molar-refractivity contribution in [2.24, 2.45) is 0 Å². The fraction of sp³-hybridized carbons (Fsp3) is 0.267. The topological polar surface area (TPSA) is 185 Å². The highest BCUT2D eigenvalue weighted by atomic mass is 35.5. The molecule has 3 aromatic rings. The highest BCUT2D eigenvalue weighted by Gasteiger charge is 2.27.